The van der Waals surface area contributed by atoms with Crippen LogP contribution >= 0.6 is 0 Å². The molecule has 0 radical (unpaired) electrons. The fourth-order valence-corrected chi connectivity index (χ4v) is 1.77. The fraction of sp³-hybridized carbons (Fsp3) is 0.625. The largest absolute Gasteiger partial charge is 0.389 e. The van der Waals surface area contributed by atoms with Crippen molar-refractivity contribution in [3.05, 3.63) is 29.6 Å². The van der Waals surface area contributed by atoms with Crippen LogP contribution in [-0.2, 0) is 9.47 Å². The highest BCUT2D eigenvalue weighted by molar-refractivity contribution is 5.50. The van der Waals surface area contributed by atoms with Crippen molar-refractivity contribution in [1.29, 1.82) is 0 Å². The monoisotopic (exact) mass is 299 g/mol. The second-order valence-corrected chi connectivity index (χ2v) is 4.99. The van der Waals surface area contributed by atoms with E-state index in [2.05, 4.69) is 12.2 Å². The minimum Gasteiger partial charge on any atom is -0.389 e. The van der Waals surface area contributed by atoms with Gasteiger partial charge in [0.05, 0.1) is 25.9 Å². The number of rotatable bonds is 11. The Balaban J connectivity index is 2.11. The van der Waals surface area contributed by atoms with Crippen LogP contribution in [0.25, 0.3) is 0 Å². The Kier molecular flexibility index (Phi) is 8.98. The predicted octanol–water partition coefficient (Wildman–Crippen LogP) is 2.74. The number of aliphatic hydroxyl groups excluding tert-OH is 1. The van der Waals surface area contributed by atoms with Gasteiger partial charge in [-0.3, -0.25) is 0 Å². The molecule has 0 heterocycles. The van der Waals surface area contributed by atoms with Gasteiger partial charge in [-0.2, -0.15) is 0 Å². The maximum atomic E-state index is 13.3. The first kappa shape index (κ1) is 17.9. The quantitative estimate of drug-likeness (QED) is 0.617. The second kappa shape index (κ2) is 10.5. The summed E-state index contributed by atoms with van der Waals surface area (Å²) in [6, 6.07) is 4.84. The van der Waals surface area contributed by atoms with Crippen molar-refractivity contribution in [3.8, 4) is 0 Å². The average Bonchev–Trinajstić information content (AvgIpc) is 2.48. The lowest BCUT2D eigenvalue weighted by Gasteiger charge is -2.15. The lowest BCUT2D eigenvalue weighted by molar-refractivity contribution is 0.00749. The van der Waals surface area contributed by atoms with E-state index in [1.165, 1.54) is 6.07 Å². The van der Waals surface area contributed by atoms with Crippen molar-refractivity contribution in [1.82, 2.24) is 0 Å². The van der Waals surface area contributed by atoms with Gasteiger partial charge in [-0.05, 0) is 25.5 Å². The molecule has 1 aromatic carbocycles. The van der Waals surface area contributed by atoms with E-state index >= 15 is 0 Å². The Morgan fingerprint density at radius 1 is 1.24 bits per heavy atom. The van der Waals surface area contributed by atoms with Gasteiger partial charge < -0.3 is 19.9 Å². The number of aliphatic hydroxyl groups is 1. The first-order chi connectivity index (χ1) is 10.1. The standard InChI is InChI=1S/C16H26FNO3/c1-3-4-8-20-9-10-21-12-14(19)11-18-16-7-5-6-15(17)13(16)2/h5-7,14,18-19H,3-4,8-12H2,1-2H3. The first-order valence-corrected chi connectivity index (χ1v) is 7.47. The number of anilines is 1. The summed E-state index contributed by atoms with van der Waals surface area (Å²) in [5, 5.41) is 12.8. The zero-order chi connectivity index (χ0) is 15.5. The number of nitrogens with one attached hydrogen (secondary N) is 1. The molecule has 1 unspecified atom stereocenters. The molecule has 0 saturated heterocycles. The fourth-order valence-electron chi connectivity index (χ4n) is 1.77. The number of hydrogen-bond donors (Lipinski definition) is 2. The zero-order valence-electron chi connectivity index (χ0n) is 12.9. The Bertz CT molecular complexity index is 401. The van der Waals surface area contributed by atoms with Crippen LogP contribution in [0.4, 0.5) is 10.1 Å². The minimum absolute atomic E-state index is 0.235. The van der Waals surface area contributed by atoms with Gasteiger partial charge in [0.25, 0.3) is 0 Å². The highest BCUT2D eigenvalue weighted by Gasteiger charge is 2.07. The summed E-state index contributed by atoms with van der Waals surface area (Å²) in [7, 11) is 0. The van der Waals surface area contributed by atoms with E-state index in [4.69, 9.17) is 9.47 Å². The van der Waals surface area contributed by atoms with Crippen LogP contribution in [0.2, 0.25) is 0 Å². The molecule has 0 aliphatic heterocycles. The molecule has 0 spiro atoms. The summed E-state index contributed by atoms with van der Waals surface area (Å²) in [6.07, 6.45) is 1.54. The van der Waals surface area contributed by atoms with Gasteiger partial charge in [-0.1, -0.05) is 19.4 Å². The molecule has 0 bridgehead atoms. The molecule has 0 fully saturated rings. The molecule has 0 aliphatic rings. The summed E-state index contributed by atoms with van der Waals surface area (Å²) in [5.74, 6) is -0.255. The van der Waals surface area contributed by atoms with E-state index in [-0.39, 0.29) is 12.4 Å². The van der Waals surface area contributed by atoms with E-state index in [1.807, 2.05) is 0 Å². The molecule has 1 atom stereocenters. The van der Waals surface area contributed by atoms with E-state index in [1.54, 1.807) is 19.1 Å². The maximum absolute atomic E-state index is 13.3. The Morgan fingerprint density at radius 3 is 2.76 bits per heavy atom. The molecular formula is C16H26FNO3. The van der Waals surface area contributed by atoms with E-state index in [0.29, 0.717) is 31.0 Å². The van der Waals surface area contributed by atoms with Crippen molar-refractivity contribution in [2.24, 2.45) is 0 Å². The van der Waals surface area contributed by atoms with Crippen LogP contribution in [0.15, 0.2) is 18.2 Å². The smallest absolute Gasteiger partial charge is 0.128 e. The van der Waals surface area contributed by atoms with Gasteiger partial charge in [0.15, 0.2) is 0 Å². The van der Waals surface area contributed by atoms with Crippen molar-refractivity contribution in [2.75, 3.05) is 38.3 Å². The summed E-state index contributed by atoms with van der Waals surface area (Å²) in [5.41, 5.74) is 1.24. The Hall–Kier alpha value is -1.17. The number of hydrogen-bond acceptors (Lipinski definition) is 4. The van der Waals surface area contributed by atoms with Crippen LogP contribution in [-0.4, -0.2) is 44.2 Å². The molecule has 0 saturated carbocycles. The van der Waals surface area contributed by atoms with Gasteiger partial charge in [-0.25, -0.2) is 4.39 Å². The van der Waals surface area contributed by atoms with Crippen LogP contribution in [0.5, 0.6) is 0 Å². The van der Waals surface area contributed by atoms with Gasteiger partial charge in [0.2, 0.25) is 0 Å². The SMILES string of the molecule is CCCCOCCOCC(O)CNc1cccc(F)c1C. The van der Waals surface area contributed by atoms with E-state index in [9.17, 15) is 9.50 Å². The van der Waals surface area contributed by atoms with Crippen LogP contribution in [0.1, 0.15) is 25.3 Å². The number of benzene rings is 1. The Labute approximate surface area is 126 Å². The normalized spacial score (nSPS) is 12.4. The van der Waals surface area contributed by atoms with Crippen LogP contribution < -0.4 is 5.32 Å². The van der Waals surface area contributed by atoms with Crippen molar-refractivity contribution in [2.45, 2.75) is 32.8 Å². The molecule has 1 aromatic rings. The summed E-state index contributed by atoms with van der Waals surface area (Å²) in [4.78, 5) is 0. The van der Waals surface area contributed by atoms with Gasteiger partial charge in [-0.15, -0.1) is 0 Å². The van der Waals surface area contributed by atoms with Gasteiger partial charge >= 0.3 is 0 Å². The zero-order valence-corrected chi connectivity index (χ0v) is 12.9. The van der Waals surface area contributed by atoms with Gasteiger partial charge in [0, 0.05) is 24.4 Å². The topological polar surface area (TPSA) is 50.7 Å². The molecule has 0 aromatic heterocycles. The molecule has 0 amide bonds. The molecule has 1 rings (SSSR count). The molecule has 4 nitrogen and oxygen atoms in total. The number of unbranched alkanes of at least 4 members (excludes halogenated alkanes) is 1. The first-order valence-electron chi connectivity index (χ1n) is 7.47. The van der Waals surface area contributed by atoms with Crippen LogP contribution in [0, 0.1) is 12.7 Å². The molecular weight excluding hydrogens is 273 g/mol. The van der Waals surface area contributed by atoms with Crippen molar-refractivity contribution < 1.29 is 19.0 Å². The van der Waals surface area contributed by atoms with E-state index in [0.717, 1.165) is 19.4 Å². The molecule has 120 valence electrons. The summed E-state index contributed by atoms with van der Waals surface area (Å²) in [6.45, 7) is 6.14. The van der Waals surface area contributed by atoms with Crippen molar-refractivity contribution >= 4 is 5.69 Å². The lowest BCUT2D eigenvalue weighted by atomic mass is 10.2. The van der Waals surface area contributed by atoms with Crippen LogP contribution in [0.3, 0.4) is 0 Å². The van der Waals surface area contributed by atoms with Crippen molar-refractivity contribution in [3.63, 3.8) is 0 Å². The summed E-state index contributed by atoms with van der Waals surface area (Å²) >= 11 is 0. The molecule has 2 N–H and O–H groups in total. The maximum Gasteiger partial charge on any atom is 0.128 e. The highest BCUT2D eigenvalue weighted by Crippen LogP contribution is 2.17. The molecule has 0 aliphatic carbocycles. The second-order valence-electron chi connectivity index (χ2n) is 4.99. The summed E-state index contributed by atoms with van der Waals surface area (Å²) < 4.78 is 24.0. The van der Waals surface area contributed by atoms with E-state index < -0.39 is 6.10 Å². The highest BCUT2D eigenvalue weighted by atomic mass is 19.1. The third-order valence-electron chi connectivity index (χ3n) is 3.12. The third-order valence-corrected chi connectivity index (χ3v) is 3.12. The third kappa shape index (κ3) is 7.41. The minimum atomic E-state index is -0.636. The molecule has 21 heavy (non-hydrogen) atoms. The lowest BCUT2D eigenvalue weighted by Crippen LogP contribution is -2.26. The van der Waals surface area contributed by atoms with Gasteiger partial charge in [0.1, 0.15) is 5.82 Å². The predicted molar refractivity (Wildman–Crippen MR) is 82.2 cm³/mol. The number of ether oxygens (including phenoxy) is 2. The average molecular weight is 299 g/mol. The Morgan fingerprint density at radius 2 is 2.00 bits per heavy atom. The number of halogens is 1. The molecule has 5 heteroatoms.